The first-order chi connectivity index (χ1) is 13.6. The SMILES string of the molecule is COc1ccc(C(=O)Nc2ccc(N3Cc4ccccc4C3=O)cc2Cl)cc1. The van der Waals surface area contributed by atoms with Crippen molar-refractivity contribution >= 4 is 34.8 Å². The molecule has 3 aromatic rings. The van der Waals surface area contributed by atoms with Crippen LogP contribution in [0.3, 0.4) is 0 Å². The van der Waals surface area contributed by atoms with Crippen molar-refractivity contribution in [3.63, 3.8) is 0 Å². The molecule has 0 atom stereocenters. The molecule has 0 aliphatic carbocycles. The van der Waals surface area contributed by atoms with Crippen LogP contribution in [0.4, 0.5) is 11.4 Å². The Bertz CT molecular complexity index is 1060. The van der Waals surface area contributed by atoms with Crippen LogP contribution in [0.1, 0.15) is 26.3 Å². The second-order valence-corrected chi connectivity index (χ2v) is 6.80. The van der Waals surface area contributed by atoms with Crippen molar-refractivity contribution in [3.05, 3.63) is 88.4 Å². The highest BCUT2D eigenvalue weighted by molar-refractivity contribution is 6.34. The highest BCUT2D eigenvalue weighted by Gasteiger charge is 2.28. The largest absolute Gasteiger partial charge is 0.497 e. The maximum absolute atomic E-state index is 12.6. The number of methoxy groups -OCH3 is 1. The van der Waals surface area contributed by atoms with Gasteiger partial charge in [0.15, 0.2) is 0 Å². The molecule has 0 unspecified atom stereocenters. The average molecular weight is 393 g/mol. The van der Waals surface area contributed by atoms with Crippen LogP contribution in [0.25, 0.3) is 0 Å². The highest BCUT2D eigenvalue weighted by Crippen LogP contribution is 2.33. The lowest BCUT2D eigenvalue weighted by atomic mass is 10.1. The van der Waals surface area contributed by atoms with Crippen LogP contribution in [0, 0.1) is 0 Å². The lowest BCUT2D eigenvalue weighted by molar-refractivity contribution is 0.0994. The molecule has 0 saturated carbocycles. The summed E-state index contributed by atoms with van der Waals surface area (Å²) >= 11 is 6.37. The number of benzene rings is 3. The van der Waals surface area contributed by atoms with Crippen LogP contribution in [0.15, 0.2) is 66.7 Å². The summed E-state index contributed by atoms with van der Waals surface area (Å²) in [6.45, 7) is 0.503. The Morgan fingerprint density at radius 3 is 2.50 bits per heavy atom. The van der Waals surface area contributed by atoms with Gasteiger partial charge < -0.3 is 15.0 Å². The normalized spacial score (nSPS) is 12.6. The summed E-state index contributed by atoms with van der Waals surface area (Å²) < 4.78 is 5.10. The standard InChI is InChI=1S/C22H17ClN2O3/c1-28-17-9-6-14(7-10-17)21(26)24-20-11-8-16(12-19(20)23)25-13-15-4-2-3-5-18(15)22(25)27/h2-12H,13H2,1H3,(H,24,26). The summed E-state index contributed by atoms with van der Waals surface area (Å²) in [5.74, 6) is 0.346. The molecule has 1 N–H and O–H groups in total. The summed E-state index contributed by atoms with van der Waals surface area (Å²) in [7, 11) is 1.57. The number of carbonyl (C=O) groups is 2. The van der Waals surface area contributed by atoms with Crippen molar-refractivity contribution < 1.29 is 14.3 Å². The van der Waals surface area contributed by atoms with Crippen molar-refractivity contribution in [1.82, 2.24) is 0 Å². The number of ether oxygens (including phenoxy) is 1. The van der Waals surface area contributed by atoms with E-state index in [9.17, 15) is 9.59 Å². The summed E-state index contributed by atoms with van der Waals surface area (Å²) in [5.41, 5.74) is 3.35. The molecular weight excluding hydrogens is 376 g/mol. The number of fused-ring (bicyclic) bond motifs is 1. The van der Waals surface area contributed by atoms with Gasteiger partial charge >= 0.3 is 0 Å². The molecular formula is C22H17ClN2O3. The molecule has 0 spiro atoms. The molecule has 2 amide bonds. The molecule has 140 valence electrons. The average Bonchev–Trinajstić information content (AvgIpc) is 3.06. The van der Waals surface area contributed by atoms with Gasteiger partial charge in [0.05, 0.1) is 24.4 Å². The van der Waals surface area contributed by atoms with Crippen LogP contribution in [-0.4, -0.2) is 18.9 Å². The summed E-state index contributed by atoms with van der Waals surface area (Å²) in [6.07, 6.45) is 0. The van der Waals surface area contributed by atoms with E-state index >= 15 is 0 Å². The van der Waals surface area contributed by atoms with Gasteiger partial charge in [-0.3, -0.25) is 9.59 Å². The van der Waals surface area contributed by atoms with E-state index in [0.717, 1.165) is 5.56 Å². The van der Waals surface area contributed by atoms with E-state index in [4.69, 9.17) is 16.3 Å². The van der Waals surface area contributed by atoms with Gasteiger partial charge in [0, 0.05) is 16.8 Å². The fraction of sp³-hybridized carbons (Fsp3) is 0.0909. The topological polar surface area (TPSA) is 58.6 Å². The Kier molecular flexibility index (Phi) is 4.75. The molecule has 0 aromatic heterocycles. The second-order valence-electron chi connectivity index (χ2n) is 6.40. The van der Waals surface area contributed by atoms with E-state index in [2.05, 4.69) is 5.32 Å². The van der Waals surface area contributed by atoms with Crippen molar-refractivity contribution in [3.8, 4) is 5.75 Å². The number of hydrogen-bond acceptors (Lipinski definition) is 3. The Labute approximate surface area is 167 Å². The molecule has 4 rings (SSSR count). The molecule has 0 saturated heterocycles. The number of nitrogens with one attached hydrogen (secondary N) is 1. The third-order valence-corrected chi connectivity index (χ3v) is 5.00. The van der Waals surface area contributed by atoms with Gasteiger partial charge in [-0.2, -0.15) is 0 Å². The fourth-order valence-corrected chi connectivity index (χ4v) is 3.40. The van der Waals surface area contributed by atoms with Gasteiger partial charge in [-0.15, -0.1) is 0 Å². The fourth-order valence-electron chi connectivity index (χ4n) is 3.17. The zero-order chi connectivity index (χ0) is 19.7. The highest BCUT2D eigenvalue weighted by atomic mass is 35.5. The van der Waals surface area contributed by atoms with Gasteiger partial charge in [0.1, 0.15) is 5.75 Å². The zero-order valence-electron chi connectivity index (χ0n) is 15.1. The molecule has 5 nitrogen and oxygen atoms in total. The second kappa shape index (κ2) is 7.37. The van der Waals surface area contributed by atoms with Gasteiger partial charge in [-0.05, 0) is 54.1 Å². The lowest BCUT2D eigenvalue weighted by Crippen LogP contribution is -2.23. The molecule has 3 aromatic carbocycles. The first kappa shape index (κ1) is 18.1. The number of nitrogens with zero attached hydrogens (tertiary/aromatic N) is 1. The van der Waals surface area contributed by atoms with Crippen LogP contribution < -0.4 is 15.0 Å². The Morgan fingerprint density at radius 2 is 1.82 bits per heavy atom. The molecule has 1 aliphatic rings. The van der Waals surface area contributed by atoms with Crippen LogP contribution in [0.2, 0.25) is 5.02 Å². The van der Waals surface area contributed by atoms with E-state index in [1.165, 1.54) is 0 Å². The van der Waals surface area contributed by atoms with Crippen molar-refractivity contribution in [2.24, 2.45) is 0 Å². The number of rotatable bonds is 4. The minimum Gasteiger partial charge on any atom is -0.497 e. The van der Waals surface area contributed by atoms with E-state index in [0.29, 0.717) is 39.8 Å². The van der Waals surface area contributed by atoms with Crippen LogP contribution in [-0.2, 0) is 6.54 Å². The van der Waals surface area contributed by atoms with Gasteiger partial charge in [-0.25, -0.2) is 0 Å². The van der Waals surface area contributed by atoms with Gasteiger partial charge in [-0.1, -0.05) is 29.8 Å². The van der Waals surface area contributed by atoms with Gasteiger partial charge in [0.25, 0.3) is 11.8 Å². The zero-order valence-corrected chi connectivity index (χ0v) is 15.9. The third-order valence-electron chi connectivity index (χ3n) is 4.69. The molecule has 1 aliphatic heterocycles. The molecule has 0 fully saturated rings. The first-order valence-electron chi connectivity index (χ1n) is 8.71. The van der Waals surface area contributed by atoms with Crippen LogP contribution >= 0.6 is 11.6 Å². The first-order valence-corrected chi connectivity index (χ1v) is 9.09. The van der Waals surface area contributed by atoms with E-state index in [1.807, 2.05) is 24.3 Å². The molecule has 28 heavy (non-hydrogen) atoms. The Morgan fingerprint density at radius 1 is 1.07 bits per heavy atom. The molecule has 1 heterocycles. The van der Waals surface area contributed by atoms with E-state index < -0.39 is 0 Å². The minimum absolute atomic E-state index is 0.0540. The maximum Gasteiger partial charge on any atom is 0.258 e. The monoisotopic (exact) mass is 392 g/mol. The summed E-state index contributed by atoms with van der Waals surface area (Å²) in [5, 5.41) is 3.16. The molecule has 0 bridgehead atoms. The van der Waals surface area contributed by atoms with Crippen molar-refractivity contribution in [2.75, 3.05) is 17.3 Å². The number of anilines is 2. The van der Waals surface area contributed by atoms with Gasteiger partial charge in [0.2, 0.25) is 0 Å². The number of amides is 2. The predicted molar refractivity (Wildman–Crippen MR) is 109 cm³/mol. The number of halogens is 1. The number of hydrogen-bond donors (Lipinski definition) is 1. The molecule has 0 radical (unpaired) electrons. The maximum atomic E-state index is 12.6. The predicted octanol–water partition coefficient (Wildman–Crippen LogP) is 4.76. The van der Waals surface area contributed by atoms with E-state index in [1.54, 1.807) is 54.5 Å². The van der Waals surface area contributed by atoms with Crippen molar-refractivity contribution in [2.45, 2.75) is 6.54 Å². The minimum atomic E-state index is -0.276. The molecule has 6 heteroatoms. The number of carbonyl (C=O) groups excluding carboxylic acids is 2. The smallest absolute Gasteiger partial charge is 0.258 e. The third kappa shape index (κ3) is 3.32. The van der Waals surface area contributed by atoms with Crippen molar-refractivity contribution in [1.29, 1.82) is 0 Å². The Balaban J connectivity index is 1.52. The lowest BCUT2D eigenvalue weighted by Gasteiger charge is -2.17. The summed E-state index contributed by atoms with van der Waals surface area (Å²) in [4.78, 5) is 26.7. The van der Waals surface area contributed by atoms with E-state index in [-0.39, 0.29) is 11.8 Å². The Hall–Kier alpha value is -3.31. The summed E-state index contributed by atoms with van der Waals surface area (Å²) in [6, 6.07) is 19.5. The quantitative estimate of drug-likeness (QED) is 0.696. The van der Waals surface area contributed by atoms with Crippen LogP contribution in [0.5, 0.6) is 5.75 Å².